The Hall–Kier alpha value is -2.07. The molecule has 1 aliphatic rings. The number of nitrogens with zero attached hydrogens (tertiary/aromatic N) is 1. The van der Waals surface area contributed by atoms with Gasteiger partial charge in [0.1, 0.15) is 18.1 Å². The van der Waals surface area contributed by atoms with E-state index < -0.39 is 0 Å². The van der Waals surface area contributed by atoms with Crippen LogP contribution in [0.15, 0.2) is 36.4 Å². The molecule has 21 heavy (non-hydrogen) atoms. The molecule has 0 aromatic heterocycles. The molecule has 4 nitrogen and oxygen atoms in total. The molecule has 2 N–H and O–H groups in total. The van der Waals surface area contributed by atoms with Crippen molar-refractivity contribution in [3.8, 4) is 11.5 Å². The Kier molecular flexibility index (Phi) is 3.55. The van der Waals surface area contributed by atoms with Crippen molar-refractivity contribution in [2.75, 3.05) is 30.9 Å². The quantitative estimate of drug-likeness (QED) is 0.908. The molecule has 2 aromatic rings. The zero-order valence-electron chi connectivity index (χ0n) is 11.9. The van der Waals surface area contributed by atoms with Gasteiger partial charge in [0, 0.05) is 31.4 Å². The first-order valence-corrected chi connectivity index (χ1v) is 7.11. The summed E-state index contributed by atoms with van der Waals surface area (Å²) in [4.78, 5) is 1.98. The van der Waals surface area contributed by atoms with Crippen LogP contribution in [0.3, 0.4) is 0 Å². The van der Waals surface area contributed by atoms with Crippen molar-refractivity contribution in [1.29, 1.82) is 0 Å². The van der Waals surface area contributed by atoms with Gasteiger partial charge in [-0.2, -0.15) is 0 Å². The Morgan fingerprint density at radius 3 is 2.76 bits per heavy atom. The van der Waals surface area contributed by atoms with Crippen molar-refractivity contribution >= 4 is 23.0 Å². The van der Waals surface area contributed by atoms with Crippen LogP contribution in [0.25, 0.3) is 0 Å². The number of ether oxygens (including phenoxy) is 1. The second kappa shape index (κ2) is 5.37. The number of phenols is 1. The molecule has 3 rings (SSSR count). The average molecular weight is 305 g/mol. The number of rotatable bonds is 3. The van der Waals surface area contributed by atoms with E-state index in [2.05, 4.69) is 5.32 Å². The first-order chi connectivity index (χ1) is 10.0. The van der Waals surface area contributed by atoms with Gasteiger partial charge in [-0.05, 0) is 30.3 Å². The summed E-state index contributed by atoms with van der Waals surface area (Å²) in [5.41, 5.74) is 2.97. The smallest absolute Gasteiger partial charge is 0.128 e. The Balaban J connectivity index is 1.81. The molecule has 0 spiro atoms. The van der Waals surface area contributed by atoms with E-state index in [1.165, 1.54) is 0 Å². The van der Waals surface area contributed by atoms with E-state index in [9.17, 15) is 5.11 Å². The van der Waals surface area contributed by atoms with Crippen LogP contribution in [0.4, 0.5) is 11.4 Å². The molecule has 1 aliphatic heterocycles. The highest BCUT2D eigenvalue weighted by Crippen LogP contribution is 2.37. The predicted octanol–water partition coefficient (Wildman–Crippen LogP) is 3.66. The third kappa shape index (κ3) is 2.72. The lowest BCUT2D eigenvalue weighted by Crippen LogP contribution is -2.13. The van der Waals surface area contributed by atoms with E-state index >= 15 is 0 Å². The molecular formula is C16H17ClN2O2. The molecule has 0 fully saturated rings. The predicted molar refractivity (Wildman–Crippen MR) is 85.7 cm³/mol. The van der Waals surface area contributed by atoms with Crippen molar-refractivity contribution in [3.63, 3.8) is 0 Å². The highest BCUT2D eigenvalue weighted by atomic mass is 35.5. The van der Waals surface area contributed by atoms with E-state index in [0.29, 0.717) is 11.6 Å². The van der Waals surface area contributed by atoms with Crippen LogP contribution in [0, 0.1) is 0 Å². The maximum atomic E-state index is 9.47. The normalized spacial score (nSPS) is 16.2. The fraction of sp³-hybridized carbons (Fsp3) is 0.250. The van der Waals surface area contributed by atoms with Crippen molar-refractivity contribution in [1.82, 2.24) is 0 Å². The van der Waals surface area contributed by atoms with Crippen molar-refractivity contribution < 1.29 is 9.84 Å². The van der Waals surface area contributed by atoms with Crippen molar-refractivity contribution in [3.05, 3.63) is 47.0 Å². The summed E-state index contributed by atoms with van der Waals surface area (Å²) in [5.74, 6) is 0.941. The Morgan fingerprint density at radius 1 is 1.24 bits per heavy atom. The van der Waals surface area contributed by atoms with Crippen LogP contribution in [-0.4, -0.2) is 25.8 Å². The standard InChI is InChI=1S/C16H17ClN2O2/c1-19(2)15-6-3-10(7-13(15)17)18-14-9-21-16-8-11(20)4-5-12(14)16/h3-8,14,18,20H,9H2,1-2H3. The van der Waals surface area contributed by atoms with Crippen LogP contribution in [0.5, 0.6) is 11.5 Å². The number of nitrogens with one attached hydrogen (secondary N) is 1. The molecule has 0 saturated carbocycles. The summed E-state index contributed by atoms with van der Waals surface area (Å²) in [6.07, 6.45) is 0. The lowest BCUT2D eigenvalue weighted by atomic mass is 10.1. The molecular weight excluding hydrogens is 288 g/mol. The lowest BCUT2D eigenvalue weighted by Gasteiger charge is -2.17. The summed E-state index contributed by atoms with van der Waals surface area (Å²) < 4.78 is 5.59. The molecule has 110 valence electrons. The third-order valence-corrected chi connectivity index (χ3v) is 3.85. The van der Waals surface area contributed by atoms with Gasteiger partial charge in [-0.3, -0.25) is 0 Å². The van der Waals surface area contributed by atoms with Crippen molar-refractivity contribution in [2.45, 2.75) is 6.04 Å². The van der Waals surface area contributed by atoms with Crippen LogP contribution >= 0.6 is 11.6 Å². The van der Waals surface area contributed by atoms with Crippen molar-refractivity contribution in [2.24, 2.45) is 0 Å². The molecule has 1 atom stereocenters. The van der Waals surface area contributed by atoms with Crippen LogP contribution < -0.4 is 15.0 Å². The molecule has 0 bridgehead atoms. The number of phenolic OH excluding ortho intramolecular Hbond substituents is 1. The SMILES string of the molecule is CN(C)c1ccc(NC2COc3cc(O)ccc32)cc1Cl. The number of aromatic hydroxyl groups is 1. The topological polar surface area (TPSA) is 44.7 Å². The fourth-order valence-electron chi connectivity index (χ4n) is 2.48. The molecule has 0 radical (unpaired) electrons. The summed E-state index contributed by atoms with van der Waals surface area (Å²) >= 11 is 6.28. The van der Waals surface area contributed by atoms with Gasteiger partial charge in [-0.25, -0.2) is 0 Å². The van der Waals surface area contributed by atoms with Gasteiger partial charge >= 0.3 is 0 Å². The molecule has 2 aromatic carbocycles. The first-order valence-electron chi connectivity index (χ1n) is 6.74. The number of hydrogen-bond acceptors (Lipinski definition) is 4. The Bertz CT molecular complexity index is 673. The van der Waals surface area contributed by atoms with E-state index in [0.717, 1.165) is 22.7 Å². The zero-order chi connectivity index (χ0) is 15.0. The van der Waals surface area contributed by atoms with Gasteiger partial charge in [-0.15, -0.1) is 0 Å². The maximum Gasteiger partial charge on any atom is 0.128 e. The number of halogens is 1. The molecule has 1 unspecified atom stereocenters. The number of fused-ring (bicyclic) bond motifs is 1. The minimum atomic E-state index is 0.0573. The lowest BCUT2D eigenvalue weighted by molar-refractivity contribution is 0.338. The molecule has 1 heterocycles. The van der Waals surface area contributed by atoms with Gasteiger partial charge in [0.25, 0.3) is 0 Å². The monoisotopic (exact) mass is 304 g/mol. The number of benzene rings is 2. The van der Waals surface area contributed by atoms with Crippen LogP contribution in [-0.2, 0) is 0 Å². The maximum absolute atomic E-state index is 9.47. The summed E-state index contributed by atoms with van der Waals surface area (Å²) in [6.45, 7) is 0.534. The average Bonchev–Trinajstić information content (AvgIpc) is 2.80. The summed E-state index contributed by atoms with van der Waals surface area (Å²) in [5, 5.41) is 13.6. The summed E-state index contributed by atoms with van der Waals surface area (Å²) in [6, 6.07) is 11.1. The highest BCUT2D eigenvalue weighted by Gasteiger charge is 2.24. The van der Waals surface area contributed by atoms with Gasteiger partial charge < -0.3 is 20.1 Å². The largest absolute Gasteiger partial charge is 0.508 e. The molecule has 0 saturated heterocycles. The summed E-state index contributed by atoms with van der Waals surface area (Å²) in [7, 11) is 3.92. The molecule has 0 aliphatic carbocycles. The van der Waals surface area contributed by atoms with Gasteiger partial charge in [0.15, 0.2) is 0 Å². The first kappa shape index (κ1) is 13.9. The number of hydrogen-bond donors (Lipinski definition) is 2. The minimum absolute atomic E-state index is 0.0573. The number of anilines is 2. The molecule has 0 amide bonds. The van der Waals surface area contributed by atoms with Gasteiger partial charge in [0.05, 0.1) is 16.8 Å². The van der Waals surface area contributed by atoms with E-state index in [4.69, 9.17) is 16.3 Å². The van der Waals surface area contributed by atoms with E-state index in [1.807, 2.05) is 43.3 Å². The second-order valence-electron chi connectivity index (χ2n) is 5.29. The fourth-order valence-corrected chi connectivity index (χ4v) is 2.83. The molecule has 5 heteroatoms. The van der Waals surface area contributed by atoms with E-state index in [-0.39, 0.29) is 11.8 Å². The minimum Gasteiger partial charge on any atom is -0.508 e. The van der Waals surface area contributed by atoms with Crippen LogP contribution in [0.2, 0.25) is 5.02 Å². The second-order valence-corrected chi connectivity index (χ2v) is 5.70. The van der Waals surface area contributed by atoms with Crippen LogP contribution in [0.1, 0.15) is 11.6 Å². The Morgan fingerprint density at radius 2 is 2.05 bits per heavy atom. The van der Waals surface area contributed by atoms with E-state index in [1.54, 1.807) is 12.1 Å². The third-order valence-electron chi connectivity index (χ3n) is 3.55. The Labute approximate surface area is 128 Å². The highest BCUT2D eigenvalue weighted by molar-refractivity contribution is 6.33. The zero-order valence-corrected chi connectivity index (χ0v) is 12.7. The van der Waals surface area contributed by atoms with Gasteiger partial charge in [-0.1, -0.05) is 11.6 Å². The van der Waals surface area contributed by atoms with Gasteiger partial charge in [0.2, 0.25) is 0 Å².